The Morgan fingerprint density at radius 2 is 2.05 bits per heavy atom. The Morgan fingerprint density at radius 1 is 1.36 bits per heavy atom. The van der Waals surface area contributed by atoms with E-state index < -0.39 is 5.60 Å². The highest BCUT2D eigenvalue weighted by molar-refractivity contribution is 7.80. The van der Waals surface area contributed by atoms with Crippen molar-refractivity contribution in [3.05, 3.63) is 23.8 Å². The third-order valence-corrected chi connectivity index (χ3v) is 3.78. The van der Waals surface area contributed by atoms with E-state index in [9.17, 15) is 4.79 Å². The van der Waals surface area contributed by atoms with Crippen LogP contribution in [0.5, 0.6) is 5.75 Å². The smallest absolute Gasteiger partial charge is 0.410 e. The molecule has 1 aliphatic heterocycles. The van der Waals surface area contributed by atoms with Crippen LogP contribution in [0, 0.1) is 0 Å². The van der Waals surface area contributed by atoms with Crippen LogP contribution in [0.15, 0.2) is 23.1 Å². The Balaban J connectivity index is 0.00000242. The van der Waals surface area contributed by atoms with E-state index in [2.05, 4.69) is 12.6 Å². The molecule has 0 aliphatic carbocycles. The third kappa shape index (κ3) is 4.57. The predicted octanol–water partition coefficient (Wildman–Crippen LogP) is 4.34. The Labute approximate surface area is 139 Å². The predicted molar refractivity (Wildman–Crippen MR) is 92.1 cm³/mol. The number of benzene rings is 1. The van der Waals surface area contributed by atoms with Gasteiger partial charge in [-0.15, -0.1) is 12.6 Å². The van der Waals surface area contributed by atoms with Crippen molar-refractivity contribution in [2.75, 3.05) is 20.2 Å². The molecule has 1 unspecified atom stereocenters. The Kier molecular flexibility index (Phi) is 6.17. The van der Waals surface area contributed by atoms with Gasteiger partial charge in [0.05, 0.1) is 7.11 Å². The van der Waals surface area contributed by atoms with Gasteiger partial charge in [0.25, 0.3) is 0 Å². The average Bonchev–Trinajstić information content (AvgIpc) is 2.86. The second-order valence-electron chi connectivity index (χ2n) is 6.34. The van der Waals surface area contributed by atoms with Crippen LogP contribution in [-0.4, -0.2) is 36.8 Å². The highest BCUT2D eigenvalue weighted by Gasteiger charge is 2.31. The van der Waals surface area contributed by atoms with Gasteiger partial charge in [-0.1, -0.05) is 13.5 Å². The average molecular weight is 325 g/mol. The van der Waals surface area contributed by atoms with E-state index >= 15 is 0 Å². The monoisotopic (exact) mass is 325 g/mol. The fraction of sp³-hybridized carbons (Fsp3) is 0.588. The molecule has 5 heteroatoms. The van der Waals surface area contributed by atoms with Crippen LogP contribution in [0.4, 0.5) is 4.79 Å². The number of ether oxygens (including phenoxy) is 2. The Hall–Kier alpha value is -1.36. The number of carbonyl (C=O) groups excluding carboxylic acids is 1. The van der Waals surface area contributed by atoms with Crippen LogP contribution < -0.4 is 4.74 Å². The van der Waals surface area contributed by atoms with Gasteiger partial charge in [0, 0.05) is 23.9 Å². The number of thiol groups is 1. The summed E-state index contributed by atoms with van der Waals surface area (Å²) in [5.74, 6) is 1.11. The van der Waals surface area contributed by atoms with E-state index in [4.69, 9.17) is 9.47 Å². The number of amides is 1. The zero-order valence-corrected chi connectivity index (χ0v) is 13.9. The topological polar surface area (TPSA) is 38.8 Å². The molecule has 22 heavy (non-hydrogen) atoms. The number of nitrogens with zero attached hydrogens (tertiary/aromatic N) is 1. The molecular formula is C17H27NO3S. The van der Waals surface area contributed by atoms with E-state index in [1.165, 1.54) is 0 Å². The first-order valence-corrected chi connectivity index (χ1v) is 7.59. The molecule has 1 aromatic carbocycles. The molecule has 1 aromatic rings. The molecule has 0 aromatic heterocycles. The molecule has 1 heterocycles. The summed E-state index contributed by atoms with van der Waals surface area (Å²) < 4.78 is 10.9. The van der Waals surface area contributed by atoms with E-state index in [0.717, 1.165) is 22.6 Å². The van der Waals surface area contributed by atoms with Gasteiger partial charge in [0.15, 0.2) is 0 Å². The summed E-state index contributed by atoms with van der Waals surface area (Å²) in [5, 5.41) is 0. The molecular weight excluding hydrogens is 298 g/mol. The molecule has 1 fully saturated rings. The first kappa shape index (κ1) is 18.7. The molecule has 0 bridgehead atoms. The van der Waals surface area contributed by atoms with Crippen molar-refractivity contribution >= 4 is 18.7 Å². The highest BCUT2D eigenvalue weighted by Crippen LogP contribution is 2.35. The van der Waals surface area contributed by atoms with Crippen LogP contribution in [0.3, 0.4) is 0 Å². The molecule has 2 rings (SSSR count). The first-order valence-electron chi connectivity index (χ1n) is 7.15. The lowest BCUT2D eigenvalue weighted by molar-refractivity contribution is 0.0292. The number of hydrogen-bond donors (Lipinski definition) is 1. The molecule has 0 spiro atoms. The Bertz CT molecular complexity index is 525. The SMILES string of the molecule is C.COc1cc(S)ccc1C1CCN(C(=O)OC(C)(C)C)C1. The quantitative estimate of drug-likeness (QED) is 0.822. The standard InChI is InChI=1S/C16H23NO3S.CH4/c1-16(2,3)20-15(18)17-8-7-11(10-17)13-6-5-12(21)9-14(13)19-4;/h5-6,9,11,21H,7-8,10H2,1-4H3;1H4. The van der Waals surface area contributed by atoms with Crippen LogP contribution in [0.2, 0.25) is 0 Å². The van der Waals surface area contributed by atoms with E-state index in [-0.39, 0.29) is 19.4 Å². The van der Waals surface area contributed by atoms with Crippen molar-refractivity contribution in [3.63, 3.8) is 0 Å². The summed E-state index contributed by atoms with van der Waals surface area (Å²) in [6.45, 7) is 7.02. The van der Waals surface area contributed by atoms with Crippen LogP contribution in [-0.2, 0) is 4.74 Å². The number of rotatable bonds is 2. The molecule has 1 saturated heterocycles. The Morgan fingerprint density at radius 3 is 2.64 bits per heavy atom. The molecule has 0 N–H and O–H groups in total. The van der Waals surface area contributed by atoms with Gasteiger partial charge in [0.1, 0.15) is 11.4 Å². The molecule has 1 aliphatic rings. The zero-order chi connectivity index (χ0) is 15.6. The highest BCUT2D eigenvalue weighted by atomic mass is 32.1. The van der Waals surface area contributed by atoms with Crippen molar-refractivity contribution in [3.8, 4) is 5.75 Å². The lowest BCUT2D eigenvalue weighted by Crippen LogP contribution is -2.35. The summed E-state index contributed by atoms with van der Waals surface area (Å²) in [6, 6.07) is 5.90. The second kappa shape index (κ2) is 7.27. The summed E-state index contributed by atoms with van der Waals surface area (Å²) in [7, 11) is 1.66. The summed E-state index contributed by atoms with van der Waals surface area (Å²) in [4.78, 5) is 14.7. The maximum atomic E-state index is 12.1. The number of carbonyl (C=O) groups is 1. The zero-order valence-electron chi connectivity index (χ0n) is 13.0. The lowest BCUT2D eigenvalue weighted by Gasteiger charge is -2.24. The van der Waals surface area contributed by atoms with Gasteiger partial charge in [0.2, 0.25) is 0 Å². The van der Waals surface area contributed by atoms with Gasteiger partial charge >= 0.3 is 6.09 Å². The maximum Gasteiger partial charge on any atom is 0.410 e. The number of methoxy groups -OCH3 is 1. The molecule has 1 amide bonds. The summed E-state index contributed by atoms with van der Waals surface area (Å²) >= 11 is 4.33. The van der Waals surface area contributed by atoms with Crippen LogP contribution in [0.1, 0.15) is 46.1 Å². The van der Waals surface area contributed by atoms with Gasteiger partial charge < -0.3 is 14.4 Å². The fourth-order valence-electron chi connectivity index (χ4n) is 2.54. The summed E-state index contributed by atoms with van der Waals surface area (Å²) in [5.41, 5.74) is 0.668. The summed E-state index contributed by atoms with van der Waals surface area (Å²) in [6.07, 6.45) is 0.677. The van der Waals surface area contributed by atoms with Crippen molar-refractivity contribution in [1.29, 1.82) is 0 Å². The fourth-order valence-corrected chi connectivity index (χ4v) is 2.74. The normalized spacial score (nSPS) is 17.9. The van der Waals surface area contributed by atoms with Gasteiger partial charge in [-0.25, -0.2) is 4.79 Å². The van der Waals surface area contributed by atoms with Gasteiger partial charge in [-0.05, 0) is 44.9 Å². The van der Waals surface area contributed by atoms with Crippen molar-refractivity contribution in [2.24, 2.45) is 0 Å². The molecule has 1 atom stereocenters. The van der Waals surface area contributed by atoms with E-state index in [1.54, 1.807) is 12.0 Å². The third-order valence-electron chi connectivity index (χ3n) is 3.50. The number of hydrogen-bond acceptors (Lipinski definition) is 4. The van der Waals surface area contributed by atoms with E-state index in [1.807, 2.05) is 39.0 Å². The minimum atomic E-state index is -0.458. The largest absolute Gasteiger partial charge is 0.496 e. The molecule has 0 saturated carbocycles. The van der Waals surface area contributed by atoms with Crippen molar-refractivity contribution in [2.45, 2.75) is 51.0 Å². The van der Waals surface area contributed by atoms with Crippen molar-refractivity contribution < 1.29 is 14.3 Å². The van der Waals surface area contributed by atoms with Crippen LogP contribution in [0.25, 0.3) is 0 Å². The van der Waals surface area contributed by atoms with Gasteiger partial charge in [-0.3, -0.25) is 0 Å². The maximum absolute atomic E-state index is 12.1. The van der Waals surface area contributed by atoms with E-state index in [0.29, 0.717) is 13.1 Å². The molecule has 0 radical (unpaired) electrons. The van der Waals surface area contributed by atoms with Crippen molar-refractivity contribution in [1.82, 2.24) is 4.90 Å². The first-order chi connectivity index (χ1) is 9.80. The minimum absolute atomic E-state index is 0. The van der Waals surface area contributed by atoms with Crippen LogP contribution >= 0.6 is 12.6 Å². The molecule has 4 nitrogen and oxygen atoms in total. The number of likely N-dealkylation sites (tertiary alicyclic amines) is 1. The second-order valence-corrected chi connectivity index (χ2v) is 6.85. The lowest BCUT2D eigenvalue weighted by atomic mass is 9.97. The minimum Gasteiger partial charge on any atom is -0.496 e. The van der Waals surface area contributed by atoms with Gasteiger partial charge in [-0.2, -0.15) is 0 Å². The molecule has 124 valence electrons.